The molecular formula is C14H19FN2. The first-order valence-electron chi connectivity index (χ1n) is 6.46. The van der Waals surface area contributed by atoms with Crippen molar-refractivity contribution in [1.82, 2.24) is 0 Å². The highest BCUT2D eigenvalue weighted by Gasteiger charge is 2.31. The first-order valence-corrected chi connectivity index (χ1v) is 6.46. The lowest BCUT2D eigenvalue weighted by atomic mass is 9.90. The Morgan fingerprint density at radius 2 is 2.24 bits per heavy atom. The number of rotatable bonds is 0. The Hall–Kier alpha value is -1.25. The molecule has 92 valence electrons. The minimum absolute atomic E-state index is 0.111. The Labute approximate surface area is 102 Å². The van der Waals surface area contributed by atoms with Gasteiger partial charge in [-0.25, -0.2) is 4.39 Å². The van der Waals surface area contributed by atoms with E-state index < -0.39 is 0 Å². The van der Waals surface area contributed by atoms with Crippen LogP contribution in [0.3, 0.4) is 0 Å². The molecular weight excluding hydrogens is 215 g/mol. The van der Waals surface area contributed by atoms with Crippen LogP contribution in [0.5, 0.6) is 0 Å². The van der Waals surface area contributed by atoms with Crippen molar-refractivity contribution in [2.45, 2.75) is 32.7 Å². The van der Waals surface area contributed by atoms with E-state index in [9.17, 15) is 4.39 Å². The Balaban J connectivity index is 1.98. The lowest BCUT2D eigenvalue weighted by molar-refractivity contribution is 0.367. The van der Waals surface area contributed by atoms with Gasteiger partial charge in [0.15, 0.2) is 0 Å². The molecule has 0 aliphatic carbocycles. The summed E-state index contributed by atoms with van der Waals surface area (Å²) in [6, 6.07) is 4.20. The van der Waals surface area contributed by atoms with Crippen molar-refractivity contribution in [2.75, 3.05) is 23.3 Å². The topological polar surface area (TPSA) is 15.3 Å². The molecule has 1 saturated heterocycles. The molecule has 2 aliphatic heterocycles. The number of piperidine rings is 1. The zero-order valence-corrected chi connectivity index (χ0v) is 10.5. The molecule has 0 saturated carbocycles. The zero-order chi connectivity index (χ0) is 12.0. The van der Waals surface area contributed by atoms with Gasteiger partial charge in [0.25, 0.3) is 0 Å². The van der Waals surface area contributed by atoms with Gasteiger partial charge >= 0.3 is 0 Å². The van der Waals surface area contributed by atoms with Crippen molar-refractivity contribution in [3.05, 3.63) is 23.5 Å². The van der Waals surface area contributed by atoms with Crippen LogP contribution in [0.1, 0.15) is 25.3 Å². The van der Waals surface area contributed by atoms with Gasteiger partial charge in [0.1, 0.15) is 5.82 Å². The normalized spacial score (nSPS) is 27.1. The highest BCUT2D eigenvalue weighted by molar-refractivity contribution is 5.74. The Morgan fingerprint density at radius 1 is 1.41 bits per heavy atom. The van der Waals surface area contributed by atoms with Crippen LogP contribution in [-0.4, -0.2) is 19.1 Å². The number of nitrogens with one attached hydrogen (secondary N) is 1. The molecule has 0 bridgehead atoms. The number of anilines is 2. The van der Waals surface area contributed by atoms with E-state index in [1.807, 2.05) is 13.0 Å². The number of nitrogens with zero attached hydrogens (tertiary/aromatic N) is 1. The smallest absolute Gasteiger partial charge is 0.128 e. The molecule has 0 amide bonds. The van der Waals surface area contributed by atoms with Gasteiger partial charge in [-0.05, 0) is 43.4 Å². The summed E-state index contributed by atoms with van der Waals surface area (Å²) in [4.78, 5) is 2.46. The number of aryl methyl sites for hydroxylation is 1. The first-order chi connectivity index (χ1) is 8.15. The van der Waals surface area contributed by atoms with Crippen LogP contribution >= 0.6 is 0 Å². The molecule has 0 aromatic heterocycles. The van der Waals surface area contributed by atoms with Gasteiger partial charge in [-0.2, -0.15) is 0 Å². The van der Waals surface area contributed by atoms with Gasteiger partial charge in [-0.3, -0.25) is 0 Å². The number of hydrogen-bond donors (Lipinski definition) is 1. The molecule has 1 aromatic rings. The number of hydrogen-bond acceptors (Lipinski definition) is 2. The molecule has 1 N–H and O–H groups in total. The number of halogens is 1. The summed E-state index contributed by atoms with van der Waals surface area (Å²) in [6.45, 7) is 6.21. The quantitative estimate of drug-likeness (QED) is 0.741. The molecule has 1 aromatic carbocycles. The summed E-state index contributed by atoms with van der Waals surface area (Å²) in [6.07, 6.45) is 2.48. The predicted molar refractivity (Wildman–Crippen MR) is 69.2 cm³/mol. The summed E-state index contributed by atoms with van der Waals surface area (Å²) in [5.41, 5.74) is 2.88. The van der Waals surface area contributed by atoms with Crippen LogP contribution in [0.4, 0.5) is 15.8 Å². The molecule has 0 spiro atoms. The molecule has 2 unspecified atom stereocenters. The summed E-state index contributed by atoms with van der Waals surface area (Å²) in [5, 5.41) is 3.37. The molecule has 3 rings (SSSR count). The average molecular weight is 234 g/mol. The molecule has 2 heterocycles. The zero-order valence-electron chi connectivity index (χ0n) is 10.5. The van der Waals surface area contributed by atoms with E-state index in [0.717, 1.165) is 30.3 Å². The Kier molecular flexibility index (Phi) is 2.49. The highest BCUT2D eigenvalue weighted by atomic mass is 19.1. The summed E-state index contributed by atoms with van der Waals surface area (Å²) >= 11 is 0. The summed E-state index contributed by atoms with van der Waals surface area (Å²) in [7, 11) is 0. The Morgan fingerprint density at radius 3 is 3.06 bits per heavy atom. The van der Waals surface area contributed by atoms with E-state index in [4.69, 9.17) is 0 Å². The minimum atomic E-state index is -0.111. The van der Waals surface area contributed by atoms with E-state index >= 15 is 0 Å². The minimum Gasteiger partial charge on any atom is -0.381 e. The maximum Gasteiger partial charge on any atom is 0.128 e. The molecule has 1 fully saturated rings. The molecule has 0 radical (unpaired) electrons. The maximum absolute atomic E-state index is 13.5. The van der Waals surface area contributed by atoms with Crippen LogP contribution < -0.4 is 10.2 Å². The van der Waals surface area contributed by atoms with Crippen LogP contribution in [0.15, 0.2) is 12.1 Å². The second kappa shape index (κ2) is 3.90. The largest absolute Gasteiger partial charge is 0.381 e. The second-order valence-electron chi connectivity index (χ2n) is 5.48. The van der Waals surface area contributed by atoms with Crippen molar-refractivity contribution in [2.24, 2.45) is 5.92 Å². The van der Waals surface area contributed by atoms with Crippen molar-refractivity contribution < 1.29 is 4.39 Å². The maximum atomic E-state index is 13.5. The lowest BCUT2D eigenvalue weighted by Gasteiger charge is -2.44. The average Bonchev–Trinajstić information content (AvgIpc) is 2.30. The molecule has 2 atom stereocenters. The van der Waals surface area contributed by atoms with E-state index in [1.165, 1.54) is 18.5 Å². The third-order valence-corrected chi connectivity index (χ3v) is 4.09. The number of benzene rings is 1. The monoisotopic (exact) mass is 234 g/mol. The summed E-state index contributed by atoms with van der Waals surface area (Å²) < 4.78 is 13.5. The van der Waals surface area contributed by atoms with Crippen LogP contribution in [0, 0.1) is 18.7 Å². The third-order valence-electron chi connectivity index (χ3n) is 4.09. The van der Waals surface area contributed by atoms with Gasteiger partial charge in [0, 0.05) is 19.1 Å². The molecule has 3 heteroatoms. The van der Waals surface area contributed by atoms with Crippen molar-refractivity contribution in [1.29, 1.82) is 0 Å². The van der Waals surface area contributed by atoms with Crippen molar-refractivity contribution in [3.63, 3.8) is 0 Å². The van der Waals surface area contributed by atoms with Crippen LogP contribution in [0.25, 0.3) is 0 Å². The van der Waals surface area contributed by atoms with Gasteiger partial charge in [0.2, 0.25) is 0 Å². The van der Waals surface area contributed by atoms with Gasteiger partial charge in [-0.15, -0.1) is 0 Å². The fraction of sp³-hybridized carbons (Fsp3) is 0.571. The van der Waals surface area contributed by atoms with Crippen molar-refractivity contribution in [3.8, 4) is 0 Å². The predicted octanol–water partition coefficient (Wildman–Crippen LogP) is 3.16. The Bertz CT molecular complexity index is 444. The van der Waals surface area contributed by atoms with Crippen molar-refractivity contribution >= 4 is 11.4 Å². The van der Waals surface area contributed by atoms with E-state index in [0.29, 0.717) is 6.04 Å². The fourth-order valence-corrected chi connectivity index (χ4v) is 3.04. The van der Waals surface area contributed by atoms with Crippen LogP contribution in [0.2, 0.25) is 0 Å². The molecule has 2 aliphatic rings. The number of fused-ring (bicyclic) bond motifs is 3. The fourth-order valence-electron chi connectivity index (χ4n) is 3.04. The second-order valence-corrected chi connectivity index (χ2v) is 5.48. The van der Waals surface area contributed by atoms with Gasteiger partial charge < -0.3 is 10.2 Å². The third kappa shape index (κ3) is 1.78. The van der Waals surface area contributed by atoms with Gasteiger partial charge in [-0.1, -0.05) is 6.92 Å². The van der Waals surface area contributed by atoms with E-state index in [-0.39, 0.29) is 5.82 Å². The van der Waals surface area contributed by atoms with E-state index in [2.05, 4.69) is 17.1 Å². The van der Waals surface area contributed by atoms with Crippen LogP contribution in [-0.2, 0) is 0 Å². The SMILES string of the molecule is Cc1cc2c(cc1F)NCC1CC(C)CCN21. The van der Waals surface area contributed by atoms with E-state index in [1.54, 1.807) is 6.07 Å². The highest BCUT2D eigenvalue weighted by Crippen LogP contribution is 2.37. The first kappa shape index (κ1) is 10.9. The summed E-state index contributed by atoms with van der Waals surface area (Å²) in [5.74, 6) is 0.696. The molecule has 17 heavy (non-hydrogen) atoms. The molecule has 2 nitrogen and oxygen atoms in total. The standard InChI is InChI=1S/C14H19FN2/c1-9-3-4-17-11(5-9)8-16-13-7-12(15)10(2)6-14(13)17/h6-7,9,11,16H,3-5,8H2,1-2H3. The lowest BCUT2D eigenvalue weighted by Crippen LogP contribution is -2.48. The van der Waals surface area contributed by atoms with Gasteiger partial charge in [0.05, 0.1) is 11.4 Å².